The molecule has 0 aromatic rings. The number of hydrogen-bond acceptors (Lipinski definition) is 5. The van der Waals surface area contributed by atoms with Gasteiger partial charge in [0.2, 0.25) is 0 Å². The maximum absolute atomic E-state index is 9.75. The van der Waals surface area contributed by atoms with Gasteiger partial charge in [-0.25, -0.2) is 0 Å². The SMILES string of the molecule is C/C(=C\CCOCC(O)COCC(O)CO)CCCC(C)CCCC(C)CCCC(C)C. The molecule has 0 amide bonds. The number of allylic oxidation sites excluding steroid dienone is 1. The number of hydrogen-bond donors (Lipinski definition) is 3. The van der Waals surface area contributed by atoms with Gasteiger partial charge >= 0.3 is 0 Å². The van der Waals surface area contributed by atoms with Crippen molar-refractivity contribution in [2.24, 2.45) is 17.8 Å². The third-order valence-corrected chi connectivity index (χ3v) is 6.04. The van der Waals surface area contributed by atoms with Gasteiger partial charge in [-0.15, -0.1) is 0 Å². The highest BCUT2D eigenvalue weighted by Gasteiger charge is 2.08. The normalized spacial score (nSPS) is 16.3. The maximum atomic E-state index is 9.75. The van der Waals surface area contributed by atoms with Gasteiger partial charge < -0.3 is 24.8 Å². The van der Waals surface area contributed by atoms with E-state index in [0.29, 0.717) is 6.61 Å². The van der Waals surface area contributed by atoms with E-state index in [0.717, 1.165) is 30.6 Å². The van der Waals surface area contributed by atoms with Crippen LogP contribution in [0.15, 0.2) is 11.6 Å². The summed E-state index contributed by atoms with van der Waals surface area (Å²) < 4.78 is 10.6. The van der Waals surface area contributed by atoms with Crippen LogP contribution in [0.4, 0.5) is 0 Å². The average molecular weight is 459 g/mol. The van der Waals surface area contributed by atoms with Gasteiger partial charge in [-0.3, -0.25) is 0 Å². The third kappa shape index (κ3) is 21.4. The van der Waals surface area contributed by atoms with Crippen molar-refractivity contribution in [3.05, 3.63) is 11.6 Å². The molecule has 192 valence electrons. The lowest BCUT2D eigenvalue weighted by Crippen LogP contribution is -2.26. The Morgan fingerprint density at radius 1 is 0.750 bits per heavy atom. The molecule has 0 aromatic heterocycles. The molecule has 0 spiro atoms. The van der Waals surface area contributed by atoms with Crippen molar-refractivity contribution in [2.45, 2.75) is 111 Å². The Labute approximate surface area is 198 Å². The minimum atomic E-state index is -0.896. The summed E-state index contributed by atoms with van der Waals surface area (Å²) >= 11 is 0. The van der Waals surface area contributed by atoms with Crippen LogP contribution in [0.25, 0.3) is 0 Å². The van der Waals surface area contributed by atoms with E-state index in [1.54, 1.807) is 0 Å². The van der Waals surface area contributed by atoms with Crippen LogP contribution in [0.3, 0.4) is 0 Å². The molecule has 0 aliphatic rings. The molecule has 0 bridgehead atoms. The zero-order valence-electron chi connectivity index (χ0n) is 21.7. The minimum Gasteiger partial charge on any atom is -0.394 e. The van der Waals surface area contributed by atoms with Crippen LogP contribution in [-0.4, -0.2) is 60.6 Å². The van der Waals surface area contributed by atoms with Crippen molar-refractivity contribution in [1.29, 1.82) is 0 Å². The van der Waals surface area contributed by atoms with E-state index in [1.165, 1.54) is 56.9 Å². The topological polar surface area (TPSA) is 79.2 Å². The molecule has 0 radical (unpaired) electrons. The van der Waals surface area contributed by atoms with Crippen molar-refractivity contribution in [1.82, 2.24) is 0 Å². The first-order valence-electron chi connectivity index (χ1n) is 13.0. The second-order valence-electron chi connectivity index (χ2n) is 10.3. The molecule has 0 rings (SSSR count). The van der Waals surface area contributed by atoms with E-state index >= 15 is 0 Å². The van der Waals surface area contributed by atoms with Crippen molar-refractivity contribution in [2.75, 3.05) is 33.0 Å². The number of rotatable bonds is 22. The van der Waals surface area contributed by atoms with Gasteiger partial charge in [-0.05, 0) is 43.9 Å². The zero-order valence-corrected chi connectivity index (χ0v) is 21.7. The Kier molecular flexibility index (Phi) is 20.8. The van der Waals surface area contributed by atoms with E-state index in [4.69, 9.17) is 19.7 Å². The second kappa shape index (κ2) is 21.1. The van der Waals surface area contributed by atoms with Crippen molar-refractivity contribution in [3.8, 4) is 0 Å². The smallest absolute Gasteiger partial charge is 0.101 e. The average Bonchev–Trinajstić information content (AvgIpc) is 2.73. The van der Waals surface area contributed by atoms with Crippen LogP contribution < -0.4 is 0 Å². The molecule has 5 heteroatoms. The summed E-state index contributed by atoms with van der Waals surface area (Å²) in [5.41, 5.74) is 1.42. The van der Waals surface area contributed by atoms with Gasteiger partial charge in [0.25, 0.3) is 0 Å². The van der Waals surface area contributed by atoms with Crippen molar-refractivity contribution in [3.63, 3.8) is 0 Å². The highest BCUT2D eigenvalue weighted by atomic mass is 16.5. The third-order valence-electron chi connectivity index (χ3n) is 6.04. The molecule has 5 nitrogen and oxygen atoms in total. The fourth-order valence-electron chi connectivity index (χ4n) is 3.86. The molecule has 32 heavy (non-hydrogen) atoms. The van der Waals surface area contributed by atoms with Crippen LogP contribution in [0.5, 0.6) is 0 Å². The van der Waals surface area contributed by atoms with E-state index in [9.17, 15) is 5.11 Å². The van der Waals surface area contributed by atoms with Gasteiger partial charge in [-0.1, -0.05) is 84.3 Å². The molecule has 0 fully saturated rings. The molecule has 0 aliphatic carbocycles. The van der Waals surface area contributed by atoms with E-state index in [-0.39, 0.29) is 26.4 Å². The lowest BCUT2D eigenvalue weighted by Gasteiger charge is -2.15. The predicted octanol–water partition coefficient (Wildman–Crippen LogP) is 5.51. The van der Waals surface area contributed by atoms with Crippen LogP contribution in [0, 0.1) is 17.8 Å². The van der Waals surface area contributed by atoms with Crippen LogP contribution in [0.2, 0.25) is 0 Å². The molecular formula is C27H54O5. The number of aliphatic hydroxyl groups excluding tert-OH is 3. The molecule has 0 saturated carbocycles. The first-order valence-corrected chi connectivity index (χ1v) is 13.0. The Morgan fingerprint density at radius 2 is 1.28 bits per heavy atom. The molecule has 0 aliphatic heterocycles. The Bertz CT molecular complexity index is 438. The summed E-state index contributed by atoms with van der Waals surface area (Å²) in [7, 11) is 0. The molecule has 4 atom stereocenters. The molecule has 0 saturated heterocycles. The van der Waals surface area contributed by atoms with E-state index < -0.39 is 12.2 Å². The van der Waals surface area contributed by atoms with Crippen LogP contribution in [0.1, 0.15) is 98.8 Å². The van der Waals surface area contributed by atoms with Crippen LogP contribution in [-0.2, 0) is 9.47 Å². The summed E-state index contributed by atoms with van der Waals surface area (Å²) in [6.07, 6.45) is 13.5. The Morgan fingerprint density at radius 3 is 1.88 bits per heavy atom. The van der Waals surface area contributed by atoms with Gasteiger partial charge in [0.05, 0.1) is 33.0 Å². The predicted molar refractivity (Wildman–Crippen MR) is 134 cm³/mol. The lowest BCUT2D eigenvalue weighted by atomic mass is 9.91. The van der Waals surface area contributed by atoms with E-state index in [2.05, 4.69) is 40.7 Å². The summed E-state index contributed by atoms with van der Waals surface area (Å²) in [6.45, 7) is 12.2. The maximum Gasteiger partial charge on any atom is 0.101 e. The second-order valence-corrected chi connectivity index (χ2v) is 10.3. The van der Waals surface area contributed by atoms with E-state index in [1.807, 2.05) is 0 Å². The molecule has 0 heterocycles. The Hall–Kier alpha value is -0.460. The highest BCUT2D eigenvalue weighted by molar-refractivity contribution is 4.97. The molecular weight excluding hydrogens is 404 g/mol. The van der Waals surface area contributed by atoms with Gasteiger partial charge in [-0.2, -0.15) is 0 Å². The van der Waals surface area contributed by atoms with Gasteiger partial charge in [0.15, 0.2) is 0 Å². The summed E-state index contributed by atoms with van der Waals surface area (Å²) in [4.78, 5) is 0. The molecule has 0 aromatic carbocycles. The number of ether oxygens (including phenoxy) is 2. The monoisotopic (exact) mass is 458 g/mol. The molecule has 3 N–H and O–H groups in total. The minimum absolute atomic E-state index is 0.0195. The lowest BCUT2D eigenvalue weighted by molar-refractivity contribution is -0.0474. The standard InChI is InChI=1S/C27H54O5/c1-22(2)10-6-11-23(3)12-7-13-24(4)14-8-15-25(5)16-9-17-31-20-27(30)21-32-19-26(29)18-28/h16,22-24,26-30H,6-15,17-21H2,1-5H3/b25-16+. The largest absolute Gasteiger partial charge is 0.394 e. The fourth-order valence-corrected chi connectivity index (χ4v) is 3.86. The van der Waals surface area contributed by atoms with Gasteiger partial charge in [0.1, 0.15) is 12.2 Å². The zero-order chi connectivity index (χ0) is 24.2. The summed E-state index contributed by atoms with van der Waals surface area (Å²) in [5, 5.41) is 27.6. The highest BCUT2D eigenvalue weighted by Crippen LogP contribution is 2.22. The van der Waals surface area contributed by atoms with Gasteiger partial charge in [0, 0.05) is 0 Å². The first kappa shape index (κ1) is 31.5. The summed E-state index contributed by atoms with van der Waals surface area (Å²) in [5.74, 6) is 2.53. The summed E-state index contributed by atoms with van der Waals surface area (Å²) in [6, 6.07) is 0. The first-order chi connectivity index (χ1) is 15.2. The van der Waals surface area contributed by atoms with Crippen molar-refractivity contribution >= 4 is 0 Å². The Balaban J connectivity index is 3.64. The molecule has 4 unspecified atom stereocenters. The number of aliphatic hydroxyl groups is 3. The van der Waals surface area contributed by atoms with Crippen LogP contribution >= 0.6 is 0 Å². The fraction of sp³-hybridized carbons (Fsp3) is 0.926. The van der Waals surface area contributed by atoms with Crippen molar-refractivity contribution < 1.29 is 24.8 Å². The quantitative estimate of drug-likeness (QED) is 0.147.